The van der Waals surface area contributed by atoms with E-state index in [0.29, 0.717) is 40.1 Å². The highest BCUT2D eigenvalue weighted by atomic mass is 35.5. The molecule has 5 nitrogen and oxygen atoms in total. The van der Waals surface area contributed by atoms with E-state index in [1.165, 1.54) is 6.42 Å². The second kappa shape index (κ2) is 11.2. The number of hydrogen-bond acceptors (Lipinski definition) is 3. The van der Waals surface area contributed by atoms with Crippen molar-refractivity contribution >= 4 is 40.7 Å². The van der Waals surface area contributed by atoms with Crippen molar-refractivity contribution in [2.45, 2.75) is 51.0 Å². The molecule has 2 N–H and O–H groups in total. The molecule has 0 unspecified atom stereocenters. The average molecular weight is 449 g/mol. The molecule has 2 amide bonds. The Labute approximate surface area is 187 Å². The molecule has 0 saturated heterocycles. The van der Waals surface area contributed by atoms with Crippen LogP contribution in [0.25, 0.3) is 0 Å². The summed E-state index contributed by atoms with van der Waals surface area (Å²) in [5.74, 6) is 0.225. The first kappa shape index (κ1) is 22.4. The van der Waals surface area contributed by atoms with Crippen LogP contribution in [0.1, 0.15) is 55.3 Å². The molecule has 2 aromatic carbocycles. The highest BCUT2D eigenvalue weighted by molar-refractivity contribution is 6.35. The Morgan fingerprint density at radius 1 is 1.03 bits per heavy atom. The molecule has 0 spiro atoms. The molecule has 0 atom stereocenters. The maximum Gasteiger partial charge on any atom is 0.253 e. The van der Waals surface area contributed by atoms with Crippen molar-refractivity contribution in [3.63, 3.8) is 0 Å². The fourth-order valence-electron chi connectivity index (χ4n) is 3.52. The monoisotopic (exact) mass is 448 g/mol. The largest absolute Gasteiger partial charge is 0.492 e. The van der Waals surface area contributed by atoms with E-state index < -0.39 is 0 Å². The number of amides is 2. The number of ether oxygens (including phenoxy) is 1. The highest BCUT2D eigenvalue weighted by Crippen LogP contribution is 2.27. The van der Waals surface area contributed by atoms with E-state index in [4.69, 9.17) is 27.9 Å². The minimum Gasteiger partial charge on any atom is -0.492 e. The van der Waals surface area contributed by atoms with Gasteiger partial charge in [-0.05, 0) is 49.6 Å². The van der Waals surface area contributed by atoms with Gasteiger partial charge in [0.2, 0.25) is 5.91 Å². The maximum atomic E-state index is 12.7. The molecular formula is C23H26Cl2N2O3. The predicted molar refractivity (Wildman–Crippen MR) is 121 cm³/mol. The van der Waals surface area contributed by atoms with Gasteiger partial charge in [-0.3, -0.25) is 9.59 Å². The van der Waals surface area contributed by atoms with Gasteiger partial charge in [-0.25, -0.2) is 0 Å². The van der Waals surface area contributed by atoms with Gasteiger partial charge >= 0.3 is 0 Å². The van der Waals surface area contributed by atoms with Crippen molar-refractivity contribution < 1.29 is 14.3 Å². The van der Waals surface area contributed by atoms with Crippen molar-refractivity contribution in [2.75, 3.05) is 11.9 Å². The van der Waals surface area contributed by atoms with Crippen LogP contribution in [0, 0.1) is 0 Å². The lowest BCUT2D eigenvalue weighted by molar-refractivity contribution is -0.116. The summed E-state index contributed by atoms with van der Waals surface area (Å²) in [7, 11) is 0. The number of rotatable bonds is 8. The third kappa shape index (κ3) is 6.64. The summed E-state index contributed by atoms with van der Waals surface area (Å²) >= 11 is 11.9. The van der Waals surface area contributed by atoms with Crippen molar-refractivity contribution in [3.8, 4) is 5.75 Å². The van der Waals surface area contributed by atoms with Crippen LogP contribution in [0.3, 0.4) is 0 Å². The van der Waals surface area contributed by atoms with Crippen molar-refractivity contribution in [1.29, 1.82) is 0 Å². The lowest BCUT2D eigenvalue weighted by Gasteiger charge is -2.23. The van der Waals surface area contributed by atoms with Gasteiger partial charge in [0.25, 0.3) is 5.91 Å². The number of hydrogen-bond donors (Lipinski definition) is 2. The maximum absolute atomic E-state index is 12.7. The van der Waals surface area contributed by atoms with E-state index in [0.717, 1.165) is 25.7 Å². The number of benzene rings is 2. The van der Waals surface area contributed by atoms with Crippen LogP contribution in [0.5, 0.6) is 5.75 Å². The van der Waals surface area contributed by atoms with Crippen LogP contribution < -0.4 is 15.4 Å². The summed E-state index contributed by atoms with van der Waals surface area (Å²) in [6, 6.07) is 12.3. The molecule has 1 aliphatic carbocycles. The van der Waals surface area contributed by atoms with Gasteiger partial charge in [-0.2, -0.15) is 0 Å². The lowest BCUT2D eigenvalue weighted by Crippen LogP contribution is -2.36. The molecule has 0 aliphatic heterocycles. The Morgan fingerprint density at radius 3 is 2.57 bits per heavy atom. The van der Waals surface area contributed by atoms with Crippen molar-refractivity contribution in [1.82, 2.24) is 5.32 Å². The zero-order valence-corrected chi connectivity index (χ0v) is 18.3. The van der Waals surface area contributed by atoms with Gasteiger partial charge in [0.1, 0.15) is 5.75 Å². The first-order valence-electron chi connectivity index (χ1n) is 10.3. The minimum absolute atomic E-state index is 0.140. The van der Waals surface area contributed by atoms with E-state index >= 15 is 0 Å². The summed E-state index contributed by atoms with van der Waals surface area (Å²) in [5.41, 5.74) is 1.01. The molecule has 2 aromatic rings. The summed E-state index contributed by atoms with van der Waals surface area (Å²) in [5, 5.41) is 6.92. The van der Waals surface area contributed by atoms with Crippen LogP contribution in [-0.2, 0) is 4.79 Å². The Morgan fingerprint density at radius 2 is 1.80 bits per heavy atom. The van der Waals surface area contributed by atoms with Gasteiger partial charge in [-0.15, -0.1) is 0 Å². The summed E-state index contributed by atoms with van der Waals surface area (Å²) in [4.78, 5) is 25.0. The van der Waals surface area contributed by atoms with Gasteiger partial charge in [0, 0.05) is 17.5 Å². The predicted octanol–water partition coefficient (Wildman–Crippen LogP) is 5.85. The van der Waals surface area contributed by atoms with Crippen LogP contribution >= 0.6 is 23.2 Å². The van der Waals surface area contributed by atoms with Crippen LogP contribution in [0.2, 0.25) is 10.0 Å². The third-order valence-electron chi connectivity index (χ3n) is 5.09. The van der Waals surface area contributed by atoms with E-state index in [9.17, 15) is 9.59 Å². The number of carbonyl (C=O) groups is 2. The molecule has 7 heteroatoms. The molecular weight excluding hydrogens is 423 g/mol. The third-order valence-corrected chi connectivity index (χ3v) is 5.62. The minimum atomic E-state index is -0.168. The lowest BCUT2D eigenvalue weighted by atomic mass is 9.95. The number of anilines is 1. The zero-order chi connectivity index (χ0) is 21.3. The molecule has 30 heavy (non-hydrogen) atoms. The molecule has 3 rings (SSSR count). The molecule has 0 bridgehead atoms. The topological polar surface area (TPSA) is 67.4 Å². The molecule has 0 aromatic heterocycles. The standard InChI is InChI=1S/C23H26Cl2N2O3/c24-16-12-13-21(19(25)15-16)30-14-6-11-22(28)27-20-10-5-4-9-18(20)23(29)26-17-7-2-1-3-8-17/h4-5,9-10,12-13,15,17H,1-3,6-8,11,14H2,(H,26,29)(H,27,28). The highest BCUT2D eigenvalue weighted by Gasteiger charge is 2.19. The van der Waals surface area contributed by atoms with Crippen LogP contribution in [0.15, 0.2) is 42.5 Å². The van der Waals surface area contributed by atoms with Crippen molar-refractivity contribution in [2.24, 2.45) is 0 Å². The molecule has 1 aliphatic rings. The molecule has 160 valence electrons. The van der Waals surface area contributed by atoms with Gasteiger partial charge < -0.3 is 15.4 Å². The molecule has 1 saturated carbocycles. The fraction of sp³-hybridized carbons (Fsp3) is 0.391. The van der Waals surface area contributed by atoms with Gasteiger partial charge in [-0.1, -0.05) is 54.6 Å². The van der Waals surface area contributed by atoms with Gasteiger partial charge in [0.15, 0.2) is 0 Å². The molecule has 1 fully saturated rings. The van der Waals surface area contributed by atoms with E-state index in [1.54, 1.807) is 42.5 Å². The Kier molecular flexibility index (Phi) is 8.40. The van der Waals surface area contributed by atoms with Crippen LogP contribution in [-0.4, -0.2) is 24.5 Å². The first-order chi connectivity index (χ1) is 14.5. The summed E-state index contributed by atoms with van der Waals surface area (Å²) in [6.45, 7) is 0.346. The zero-order valence-electron chi connectivity index (χ0n) is 16.8. The second-order valence-corrected chi connectivity index (χ2v) is 8.27. The van der Waals surface area contributed by atoms with E-state index in [-0.39, 0.29) is 24.3 Å². The quantitative estimate of drug-likeness (QED) is 0.497. The molecule has 0 radical (unpaired) electrons. The molecule has 0 heterocycles. The second-order valence-electron chi connectivity index (χ2n) is 7.43. The Balaban J connectivity index is 1.48. The SMILES string of the molecule is O=C(CCCOc1ccc(Cl)cc1Cl)Nc1ccccc1C(=O)NC1CCCCC1. The number of para-hydroxylation sites is 1. The summed E-state index contributed by atoms with van der Waals surface area (Å²) in [6.07, 6.45) is 6.33. The van der Waals surface area contributed by atoms with Gasteiger partial charge in [0.05, 0.1) is 22.9 Å². The number of halogens is 2. The van der Waals surface area contributed by atoms with Crippen molar-refractivity contribution in [3.05, 3.63) is 58.1 Å². The van der Waals surface area contributed by atoms with Crippen LogP contribution in [0.4, 0.5) is 5.69 Å². The Hall–Kier alpha value is -2.24. The number of carbonyl (C=O) groups excluding carboxylic acids is 2. The fourth-order valence-corrected chi connectivity index (χ4v) is 3.98. The average Bonchev–Trinajstić information content (AvgIpc) is 2.73. The smallest absolute Gasteiger partial charge is 0.253 e. The Bertz CT molecular complexity index is 883. The summed E-state index contributed by atoms with van der Waals surface area (Å²) < 4.78 is 5.60. The number of nitrogens with one attached hydrogen (secondary N) is 2. The normalized spacial score (nSPS) is 14.2. The van der Waals surface area contributed by atoms with E-state index in [2.05, 4.69) is 10.6 Å². The van der Waals surface area contributed by atoms with E-state index in [1.807, 2.05) is 0 Å². The first-order valence-corrected chi connectivity index (χ1v) is 11.1.